The molecule has 3 N–H and O–H groups in total. The van der Waals surface area contributed by atoms with E-state index >= 15 is 0 Å². The summed E-state index contributed by atoms with van der Waals surface area (Å²) < 4.78 is 0. The van der Waals surface area contributed by atoms with Crippen molar-refractivity contribution in [1.29, 1.82) is 10.5 Å². The second-order valence-corrected chi connectivity index (χ2v) is 6.75. The van der Waals surface area contributed by atoms with Crippen LogP contribution in [-0.4, -0.2) is 33.8 Å². The van der Waals surface area contributed by atoms with Gasteiger partial charge in [0, 0.05) is 18.2 Å². The van der Waals surface area contributed by atoms with Crippen molar-refractivity contribution in [3.8, 4) is 12.1 Å². The molecule has 0 unspecified atom stereocenters. The number of rotatable bonds is 4. The first-order valence-electron chi connectivity index (χ1n) is 8.51. The smallest absolute Gasteiger partial charge is 0.248 e. The van der Waals surface area contributed by atoms with Crippen molar-refractivity contribution < 1.29 is 9.59 Å². The molecule has 2 amide bonds. The van der Waals surface area contributed by atoms with Gasteiger partial charge in [-0.15, -0.1) is 0 Å². The number of carbonyl (C=O) groups excluding carboxylic acids is 2. The molecule has 2 aromatic carbocycles. The number of nitrogens with zero attached hydrogens (tertiary/aromatic N) is 3. The van der Waals surface area contributed by atoms with Crippen molar-refractivity contribution in [2.45, 2.75) is 6.42 Å². The summed E-state index contributed by atoms with van der Waals surface area (Å²) in [6.45, 7) is 0. The molecular formula is C20H16N6O2S2. The average Bonchev–Trinajstić information content (AvgIpc) is 2.76. The highest BCUT2D eigenvalue weighted by Gasteiger charge is 2.14. The van der Waals surface area contributed by atoms with Gasteiger partial charge in [0.25, 0.3) is 0 Å². The number of amides is 2. The van der Waals surface area contributed by atoms with Crippen molar-refractivity contribution in [3.63, 3.8) is 0 Å². The maximum absolute atomic E-state index is 12.1. The van der Waals surface area contributed by atoms with Crippen LogP contribution in [-0.2, 0) is 9.59 Å². The zero-order valence-corrected chi connectivity index (χ0v) is 17.4. The van der Waals surface area contributed by atoms with E-state index in [0.29, 0.717) is 27.2 Å². The van der Waals surface area contributed by atoms with Crippen LogP contribution in [0.25, 0.3) is 0 Å². The van der Waals surface area contributed by atoms with Crippen molar-refractivity contribution in [2.75, 3.05) is 7.05 Å². The van der Waals surface area contributed by atoms with Gasteiger partial charge < -0.3 is 0 Å². The second-order valence-electron chi connectivity index (χ2n) is 5.96. The Balaban J connectivity index is 1.81. The Kier molecular flexibility index (Phi) is 7.94. The first kappa shape index (κ1) is 22.4. The van der Waals surface area contributed by atoms with E-state index in [2.05, 4.69) is 16.3 Å². The lowest BCUT2D eigenvalue weighted by Crippen LogP contribution is -2.47. The molecule has 0 spiro atoms. The van der Waals surface area contributed by atoms with E-state index in [4.69, 9.17) is 35.0 Å². The lowest BCUT2D eigenvalue weighted by Gasteiger charge is -2.21. The Morgan fingerprint density at radius 2 is 1.37 bits per heavy atom. The summed E-state index contributed by atoms with van der Waals surface area (Å²) in [5, 5.41) is 18.9. The van der Waals surface area contributed by atoms with Gasteiger partial charge in [0.15, 0.2) is 0 Å². The molecular weight excluding hydrogens is 420 g/mol. The fraction of sp³-hybridized carbons (Fsp3) is 0.100. The van der Waals surface area contributed by atoms with Crippen LogP contribution in [0.1, 0.15) is 28.7 Å². The zero-order chi connectivity index (χ0) is 22.1. The van der Waals surface area contributed by atoms with Crippen LogP contribution in [0.2, 0.25) is 0 Å². The summed E-state index contributed by atoms with van der Waals surface area (Å²) in [6.07, 6.45) is -0.455. The first-order chi connectivity index (χ1) is 14.3. The van der Waals surface area contributed by atoms with E-state index in [9.17, 15) is 9.59 Å². The lowest BCUT2D eigenvalue weighted by molar-refractivity contribution is -0.131. The first-order valence-corrected chi connectivity index (χ1v) is 9.32. The maximum atomic E-state index is 12.1. The SMILES string of the molecule is CN(NC(=O)CC(=O)NNC(=S)c1ccc(C#N)cc1)C(=S)c1ccc(C#N)cc1. The normalized spacial score (nSPS) is 9.43. The van der Waals surface area contributed by atoms with Gasteiger partial charge in [-0.2, -0.15) is 10.5 Å². The Morgan fingerprint density at radius 3 is 1.87 bits per heavy atom. The summed E-state index contributed by atoms with van der Waals surface area (Å²) >= 11 is 10.4. The minimum atomic E-state index is -0.596. The Hall–Kier alpha value is -3.86. The highest BCUT2D eigenvalue weighted by atomic mass is 32.1. The molecule has 0 aromatic heterocycles. The van der Waals surface area contributed by atoms with Crippen LogP contribution in [0, 0.1) is 22.7 Å². The van der Waals surface area contributed by atoms with E-state index in [1.807, 2.05) is 12.1 Å². The molecule has 0 radical (unpaired) electrons. The lowest BCUT2D eigenvalue weighted by atomic mass is 10.1. The third-order valence-corrected chi connectivity index (χ3v) is 4.62. The number of nitrogens with one attached hydrogen (secondary N) is 3. The zero-order valence-electron chi connectivity index (χ0n) is 15.8. The Bertz CT molecular complexity index is 1050. The van der Waals surface area contributed by atoms with E-state index in [1.165, 1.54) is 5.01 Å². The molecule has 0 aliphatic carbocycles. The van der Waals surface area contributed by atoms with Gasteiger partial charge in [-0.25, -0.2) is 0 Å². The molecule has 0 aliphatic heterocycles. The summed E-state index contributed by atoms with van der Waals surface area (Å²) in [5.41, 5.74) is 9.66. The van der Waals surface area contributed by atoms with Crippen LogP contribution >= 0.6 is 24.4 Å². The van der Waals surface area contributed by atoms with Crippen molar-refractivity contribution in [3.05, 3.63) is 70.8 Å². The van der Waals surface area contributed by atoms with E-state index in [-0.39, 0.29) is 4.99 Å². The minimum Gasteiger partial charge on any atom is -0.288 e. The average molecular weight is 437 g/mol. The fourth-order valence-electron chi connectivity index (χ4n) is 2.24. The minimum absolute atomic E-state index is 0.243. The van der Waals surface area contributed by atoms with Crippen LogP contribution in [0.3, 0.4) is 0 Å². The molecule has 0 fully saturated rings. The van der Waals surface area contributed by atoms with Crippen LogP contribution in [0.15, 0.2) is 48.5 Å². The van der Waals surface area contributed by atoms with Gasteiger partial charge in [0.05, 0.1) is 23.3 Å². The number of thiocarbonyl (C=S) groups is 2. The van der Waals surface area contributed by atoms with E-state index < -0.39 is 18.2 Å². The van der Waals surface area contributed by atoms with Gasteiger partial charge in [0.1, 0.15) is 16.4 Å². The predicted molar refractivity (Wildman–Crippen MR) is 118 cm³/mol. The summed E-state index contributed by atoms with van der Waals surface area (Å²) in [5.74, 6) is -1.17. The number of benzene rings is 2. The molecule has 0 heterocycles. The number of hydrazine groups is 2. The second kappa shape index (κ2) is 10.6. The highest BCUT2D eigenvalue weighted by molar-refractivity contribution is 7.81. The van der Waals surface area contributed by atoms with Gasteiger partial charge in [0.2, 0.25) is 11.8 Å². The Morgan fingerprint density at radius 1 is 0.867 bits per heavy atom. The molecule has 30 heavy (non-hydrogen) atoms. The highest BCUT2D eigenvalue weighted by Crippen LogP contribution is 2.07. The van der Waals surface area contributed by atoms with Crippen LogP contribution in [0.5, 0.6) is 0 Å². The maximum Gasteiger partial charge on any atom is 0.248 e. The monoisotopic (exact) mass is 436 g/mol. The number of nitriles is 2. The van der Waals surface area contributed by atoms with E-state index in [0.717, 1.165) is 0 Å². The molecule has 150 valence electrons. The summed E-state index contributed by atoms with van der Waals surface area (Å²) in [4.78, 5) is 24.6. The summed E-state index contributed by atoms with van der Waals surface area (Å²) in [6, 6.07) is 17.1. The number of hydrogen-bond donors (Lipinski definition) is 3. The molecule has 2 rings (SSSR count). The van der Waals surface area contributed by atoms with Crippen molar-refractivity contribution >= 4 is 46.2 Å². The van der Waals surface area contributed by atoms with Crippen molar-refractivity contribution in [2.24, 2.45) is 0 Å². The van der Waals surface area contributed by atoms with Crippen molar-refractivity contribution in [1.82, 2.24) is 21.3 Å². The van der Waals surface area contributed by atoms with E-state index in [1.54, 1.807) is 55.6 Å². The third-order valence-electron chi connectivity index (χ3n) is 3.77. The molecule has 0 saturated carbocycles. The molecule has 8 nitrogen and oxygen atoms in total. The van der Waals surface area contributed by atoms with Gasteiger partial charge in [-0.3, -0.25) is 30.9 Å². The molecule has 0 bridgehead atoms. The van der Waals surface area contributed by atoms with Crippen LogP contribution in [0.4, 0.5) is 0 Å². The fourth-order valence-corrected chi connectivity index (χ4v) is 2.61. The molecule has 0 saturated heterocycles. The molecule has 0 aliphatic rings. The largest absolute Gasteiger partial charge is 0.288 e. The summed E-state index contributed by atoms with van der Waals surface area (Å²) in [7, 11) is 1.55. The van der Waals surface area contributed by atoms with Gasteiger partial charge in [-0.05, 0) is 24.3 Å². The predicted octanol–water partition coefficient (Wildman–Crippen LogP) is 1.46. The Labute approximate surface area is 184 Å². The molecule has 0 atom stereocenters. The van der Waals surface area contributed by atoms with Gasteiger partial charge in [-0.1, -0.05) is 48.7 Å². The number of hydrogen-bond acceptors (Lipinski definition) is 6. The standard InChI is InChI=1S/C20H16N6O2S2/c1-26(20(30)16-8-4-14(12-22)5-9-16)25-18(28)10-17(27)23-24-19(29)15-6-2-13(11-21)3-7-15/h2-9H,10H2,1H3,(H,23,27)(H,24,29)(H,25,28). The molecule has 2 aromatic rings. The quantitative estimate of drug-likeness (QED) is 0.374. The van der Waals surface area contributed by atoms with Crippen LogP contribution < -0.4 is 16.3 Å². The third kappa shape index (κ3) is 6.34. The number of carbonyl (C=O) groups is 2. The van der Waals surface area contributed by atoms with Gasteiger partial charge >= 0.3 is 0 Å². The molecule has 10 heteroatoms. The topological polar surface area (TPSA) is 121 Å².